The number of allylic oxidation sites excluding steroid dienone is 1. The standard InChI is InChI=1S/C22H30O3/c1-4-22(25-14(2)23)12-10-20-19-7-5-15-13-16(24)6-8-17(15)18(19)9-11-21(20,22)3/h1,13,16-20,24H,5-12H2,2-3H3/t16-,17-,18+,19+,20-,21-,22-/m0/s1. The van der Waals surface area contributed by atoms with E-state index >= 15 is 0 Å². The van der Waals surface area contributed by atoms with E-state index in [1.807, 2.05) is 0 Å². The molecule has 0 aromatic rings. The van der Waals surface area contributed by atoms with Crippen molar-refractivity contribution in [1.29, 1.82) is 0 Å². The van der Waals surface area contributed by atoms with Gasteiger partial charge >= 0.3 is 5.97 Å². The van der Waals surface area contributed by atoms with Crippen molar-refractivity contribution in [2.45, 2.75) is 76.9 Å². The quantitative estimate of drug-likeness (QED) is 0.447. The van der Waals surface area contributed by atoms with Crippen LogP contribution in [0.5, 0.6) is 0 Å². The number of hydrogen-bond acceptors (Lipinski definition) is 3. The zero-order valence-electron chi connectivity index (χ0n) is 15.5. The summed E-state index contributed by atoms with van der Waals surface area (Å²) < 4.78 is 5.80. The maximum atomic E-state index is 11.7. The van der Waals surface area contributed by atoms with Crippen molar-refractivity contribution >= 4 is 5.97 Å². The number of rotatable bonds is 1. The summed E-state index contributed by atoms with van der Waals surface area (Å²) in [6.45, 7) is 3.76. The molecule has 0 unspecified atom stereocenters. The van der Waals surface area contributed by atoms with Crippen LogP contribution in [0.2, 0.25) is 0 Å². The molecule has 136 valence electrons. The molecule has 25 heavy (non-hydrogen) atoms. The number of carbonyl (C=O) groups excluding carboxylic acids is 1. The number of fused-ring (bicyclic) bond motifs is 5. The van der Waals surface area contributed by atoms with Crippen LogP contribution in [0, 0.1) is 41.4 Å². The lowest BCUT2D eigenvalue weighted by molar-refractivity contribution is -0.167. The van der Waals surface area contributed by atoms with Gasteiger partial charge in [0.25, 0.3) is 0 Å². The molecule has 0 heterocycles. The van der Waals surface area contributed by atoms with E-state index in [1.165, 1.54) is 25.3 Å². The lowest BCUT2D eigenvalue weighted by atomic mass is 9.50. The Bertz CT molecular complexity index is 644. The molecule has 7 atom stereocenters. The van der Waals surface area contributed by atoms with Crippen LogP contribution in [0.15, 0.2) is 11.6 Å². The van der Waals surface area contributed by atoms with Crippen molar-refractivity contribution in [3.63, 3.8) is 0 Å². The third-order valence-electron chi connectivity index (χ3n) is 8.10. The fourth-order valence-electron chi connectivity index (χ4n) is 6.99. The van der Waals surface area contributed by atoms with E-state index in [4.69, 9.17) is 11.2 Å². The van der Waals surface area contributed by atoms with Crippen LogP contribution in [-0.2, 0) is 9.53 Å². The van der Waals surface area contributed by atoms with Gasteiger partial charge in [0, 0.05) is 12.3 Å². The normalized spacial score (nSPS) is 48.4. The van der Waals surface area contributed by atoms with Crippen LogP contribution < -0.4 is 0 Å². The number of aliphatic hydroxyl groups is 1. The third-order valence-corrected chi connectivity index (χ3v) is 8.10. The lowest BCUT2D eigenvalue weighted by Crippen LogP contribution is -2.53. The minimum Gasteiger partial charge on any atom is -0.445 e. The smallest absolute Gasteiger partial charge is 0.304 e. The molecule has 0 aliphatic heterocycles. The molecule has 4 aliphatic carbocycles. The Morgan fingerprint density at radius 3 is 2.76 bits per heavy atom. The Labute approximate surface area is 151 Å². The second kappa shape index (κ2) is 5.88. The predicted molar refractivity (Wildman–Crippen MR) is 96.4 cm³/mol. The molecule has 0 bridgehead atoms. The molecule has 0 aromatic heterocycles. The molecule has 4 rings (SSSR count). The molecule has 1 N–H and O–H groups in total. The average Bonchev–Trinajstić information content (AvgIpc) is 2.87. The summed E-state index contributed by atoms with van der Waals surface area (Å²) in [6, 6.07) is 0. The maximum Gasteiger partial charge on any atom is 0.304 e. The van der Waals surface area contributed by atoms with Crippen molar-refractivity contribution in [1.82, 2.24) is 0 Å². The highest BCUT2D eigenvalue weighted by Crippen LogP contribution is 2.65. The zero-order valence-corrected chi connectivity index (χ0v) is 15.5. The molecule has 0 aromatic carbocycles. The van der Waals surface area contributed by atoms with Gasteiger partial charge in [0.1, 0.15) is 0 Å². The van der Waals surface area contributed by atoms with Crippen LogP contribution in [0.4, 0.5) is 0 Å². The highest BCUT2D eigenvalue weighted by atomic mass is 16.6. The number of aliphatic hydroxyl groups excluding tert-OH is 1. The Balaban J connectivity index is 1.63. The Morgan fingerprint density at radius 1 is 1.24 bits per heavy atom. The maximum absolute atomic E-state index is 11.7. The zero-order chi connectivity index (χ0) is 17.8. The van der Waals surface area contributed by atoms with E-state index in [9.17, 15) is 9.90 Å². The predicted octanol–water partition coefficient (Wildman–Crippen LogP) is 3.86. The van der Waals surface area contributed by atoms with Gasteiger partial charge in [0.15, 0.2) is 5.60 Å². The van der Waals surface area contributed by atoms with E-state index in [2.05, 4.69) is 18.9 Å². The van der Waals surface area contributed by atoms with Gasteiger partial charge in [-0.3, -0.25) is 4.79 Å². The first kappa shape index (κ1) is 17.2. The number of esters is 1. The van der Waals surface area contributed by atoms with Gasteiger partial charge < -0.3 is 9.84 Å². The van der Waals surface area contributed by atoms with E-state index in [0.717, 1.165) is 44.4 Å². The third kappa shape index (κ3) is 2.40. The number of carbonyl (C=O) groups is 1. The van der Waals surface area contributed by atoms with E-state index < -0.39 is 5.60 Å². The van der Waals surface area contributed by atoms with Crippen molar-refractivity contribution < 1.29 is 14.6 Å². The van der Waals surface area contributed by atoms with Crippen molar-refractivity contribution in [2.24, 2.45) is 29.1 Å². The summed E-state index contributed by atoms with van der Waals surface area (Å²) >= 11 is 0. The highest BCUT2D eigenvalue weighted by Gasteiger charge is 2.64. The molecule has 3 saturated carbocycles. The molecule has 3 nitrogen and oxygen atoms in total. The highest BCUT2D eigenvalue weighted by molar-refractivity contribution is 5.67. The average molecular weight is 342 g/mol. The van der Waals surface area contributed by atoms with Crippen LogP contribution in [-0.4, -0.2) is 22.8 Å². The first-order valence-electron chi connectivity index (χ1n) is 9.96. The summed E-state index contributed by atoms with van der Waals surface area (Å²) in [5, 5.41) is 9.97. The molecule has 0 radical (unpaired) electrons. The fraction of sp³-hybridized carbons (Fsp3) is 0.773. The van der Waals surface area contributed by atoms with Gasteiger partial charge in [-0.05, 0) is 75.0 Å². The molecule has 0 amide bonds. The van der Waals surface area contributed by atoms with Crippen molar-refractivity contribution in [2.75, 3.05) is 0 Å². The molecule has 3 heteroatoms. The summed E-state index contributed by atoms with van der Waals surface area (Å²) in [6.07, 6.45) is 16.3. The second-order valence-corrected chi connectivity index (χ2v) is 9.03. The summed E-state index contributed by atoms with van der Waals surface area (Å²) in [5.74, 6) is 5.27. The largest absolute Gasteiger partial charge is 0.445 e. The molecular formula is C22H30O3. The number of ether oxygens (including phenoxy) is 1. The van der Waals surface area contributed by atoms with Crippen molar-refractivity contribution in [3.05, 3.63) is 11.6 Å². The molecule has 4 aliphatic rings. The summed E-state index contributed by atoms with van der Waals surface area (Å²) in [5.41, 5.74) is 0.696. The minimum absolute atomic E-state index is 0.0933. The molecule has 0 saturated heterocycles. The molecule has 3 fully saturated rings. The van der Waals surface area contributed by atoms with Gasteiger partial charge in [0.05, 0.1) is 6.10 Å². The minimum atomic E-state index is -0.715. The van der Waals surface area contributed by atoms with Crippen LogP contribution in [0.25, 0.3) is 0 Å². The van der Waals surface area contributed by atoms with E-state index in [1.54, 1.807) is 0 Å². The van der Waals surface area contributed by atoms with Gasteiger partial charge in [0.2, 0.25) is 0 Å². The second-order valence-electron chi connectivity index (χ2n) is 9.03. The Hall–Kier alpha value is -1.27. The first-order chi connectivity index (χ1) is 11.9. The van der Waals surface area contributed by atoms with Gasteiger partial charge in [-0.1, -0.05) is 24.5 Å². The summed E-state index contributed by atoms with van der Waals surface area (Å²) in [7, 11) is 0. The fourth-order valence-corrected chi connectivity index (χ4v) is 6.99. The molecule has 0 spiro atoms. The van der Waals surface area contributed by atoms with Crippen LogP contribution >= 0.6 is 0 Å². The SMILES string of the molecule is C#C[C@]1(OC(C)=O)CC[C@H]2[C@@H]3CCC4=C[C@@H](O)CC[C@@H]4[C@H]3CC[C@@]21C. The lowest BCUT2D eigenvalue weighted by Gasteiger charge is -2.55. The van der Waals surface area contributed by atoms with E-state index in [0.29, 0.717) is 17.8 Å². The number of hydrogen-bond donors (Lipinski definition) is 1. The monoisotopic (exact) mass is 342 g/mol. The Kier molecular flexibility index (Phi) is 4.03. The van der Waals surface area contributed by atoms with Gasteiger partial charge in [-0.15, -0.1) is 6.42 Å². The Morgan fingerprint density at radius 2 is 2.04 bits per heavy atom. The number of terminal acetylenes is 1. The molecular weight excluding hydrogens is 312 g/mol. The van der Waals surface area contributed by atoms with Crippen molar-refractivity contribution in [3.8, 4) is 12.3 Å². The van der Waals surface area contributed by atoms with Crippen LogP contribution in [0.3, 0.4) is 0 Å². The first-order valence-corrected chi connectivity index (χ1v) is 9.96. The van der Waals surface area contributed by atoms with Crippen LogP contribution in [0.1, 0.15) is 65.2 Å². The van der Waals surface area contributed by atoms with Gasteiger partial charge in [-0.2, -0.15) is 0 Å². The van der Waals surface area contributed by atoms with Gasteiger partial charge in [-0.25, -0.2) is 0 Å². The topological polar surface area (TPSA) is 46.5 Å². The van der Waals surface area contributed by atoms with E-state index in [-0.39, 0.29) is 17.5 Å². The summed E-state index contributed by atoms with van der Waals surface area (Å²) in [4.78, 5) is 11.7.